The summed E-state index contributed by atoms with van der Waals surface area (Å²) >= 11 is 11.9. The highest BCUT2D eigenvalue weighted by atomic mass is 79.9. The SMILES string of the molecule is C=CCN(C)C(=O)[C@H]1[C@H]2C(=O)N(CCCCO)C(C(=O)N(CC=C)c3ccccc3Cl)C23CC(Br)[C@@H]1S3. The van der Waals surface area contributed by atoms with Crippen molar-refractivity contribution in [3.05, 3.63) is 54.6 Å². The van der Waals surface area contributed by atoms with E-state index in [1.165, 1.54) is 0 Å². The molecule has 0 saturated carbocycles. The number of para-hydroxylation sites is 1. The third kappa shape index (κ3) is 4.77. The standard InChI is InChI=1S/C27H33BrClN3O4S/c1-4-12-30(3)24(34)20-21-25(35)32(14-8-9-15-33)23(27(21)16-17(28)22(20)37-27)26(36)31(13-5-2)19-11-7-6-10-18(19)29/h4-7,10-11,17,20-23,33H,1-2,8-9,12-16H2,3H3/t17?,20-,21-,22-,23?,27?/m0/s1. The lowest BCUT2D eigenvalue weighted by molar-refractivity contribution is -0.143. The average Bonchev–Trinajstić information content (AvgIpc) is 3.46. The molecule has 6 atom stereocenters. The van der Waals surface area contributed by atoms with Gasteiger partial charge in [0.05, 0.1) is 27.3 Å². The molecule has 1 spiro atoms. The molecular weight excluding hydrogens is 578 g/mol. The van der Waals surface area contributed by atoms with Crippen LogP contribution in [0.2, 0.25) is 5.02 Å². The number of carbonyl (C=O) groups excluding carboxylic acids is 3. The lowest BCUT2D eigenvalue weighted by Gasteiger charge is -2.38. The number of halogens is 2. The number of hydrogen-bond acceptors (Lipinski definition) is 5. The van der Waals surface area contributed by atoms with Gasteiger partial charge in [0.15, 0.2) is 0 Å². The van der Waals surface area contributed by atoms with Crippen molar-refractivity contribution in [2.75, 3.05) is 38.2 Å². The van der Waals surface area contributed by atoms with Gasteiger partial charge in [0.25, 0.3) is 5.91 Å². The molecule has 200 valence electrons. The number of amides is 3. The maximum atomic E-state index is 14.5. The minimum absolute atomic E-state index is 0.00514. The first-order valence-electron chi connectivity index (χ1n) is 12.5. The second-order valence-corrected chi connectivity index (χ2v) is 12.9. The monoisotopic (exact) mass is 609 g/mol. The van der Waals surface area contributed by atoms with Crippen molar-refractivity contribution in [2.45, 2.75) is 40.1 Å². The highest BCUT2D eigenvalue weighted by Gasteiger charge is 2.75. The first kappa shape index (κ1) is 28.2. The van der Waals surface area contributed by atoms with E-state index in [1.807, 2.05) is 6.07 Å². The second-order valence-electron chi connectivity index (χ2n) is 9.82. The van der Waals surface area contributed by atoms with E-state index in [2.05, 4.69) is 29.1 Å². The molecule has 7 nitrogen and oxygen atoms in total. The molecule has 0 aromatic heterocycles. The van der Waals surface area contributed by atoms with Gasteiger partial charge in [-0.05, 0) is 31.4 Å². The van der Waals surface area contributed by atoms with Crippen LogP contribution in [0.15, 0.2) is 49.6 Å². The van der Waals surface area contributed by atoms with E-state index in [4.69, 9.17) is 11.6 Å². The van der Waals surface area contributed by atoms with E-state index in [1.54, 1.807) is 63.9 Å². The van der Waals surface area contributed by atoms with Gasteiger partial charge in [0, 0.05) is 43.4 Å². The number of hydrogen-bond donors (Lipinski definition) is 1. The van der Waals surface area contributed by atoms with E-state index in [-0.39, 0.29) is 41.0 Å². The van der Waals surface area contributed by atoms with Crippen LogP contribution in [-0.2, 0) is 14.4 Å². The Kier molecular flexibility index (Phi) is 8.78. The minimum atomic E-state index is -0.766. The molecule has 3 unspecified atom stereocenters. The molecule has 3 saturated heterocycles. The fraction of sp³-hybridized carbons (Fsp3) is 0.519. The number of likely N-dealkylation sites (N-methyl/N-ethyl adjacent to an activating group) is 1. The fourth-order valence-electron chi connectivity index (χ4n) is 6.12. The van der Waals surface area contributed by atoms with Gasteiger partial charge in [-0.3, -0.25) is 14.4 Å². The number of likely N-dealkylation sites (tertiary alicyclic amines) is 1. The van der Waals surface area contributed by atoms with Crippen LogP contribution in [0.25, 0.3) is 0 Å². The van der Waals surface area contributed by atoms with Crippen LogP contribution < -0.4 is 4.90 Å². The normalized spacial score (nSPS) is 29.8. The van der Waals surface area contributed by atoms with Crippen molar-refractivity contribution in [1.29, 1.82) is 0 Å². The van der Waals surface area contributed by atoms with Crippen LogP contribution in [0.5, 0.6) is 0 Å². The molecule has 3 aliphatic rings. The molecular formula is C27H33BrClN3O4S. The number of unbranched alkanes of at least 4 members (excludes halogenated alkanes) is 1. The predicted molar refractivity (Wildman–Crippen MR) is 152 cm³/mol. The highest BCUT2D eigenvalue weighted by molar-refractivity contribution is 9.09. The summed E-state index contributed by atoms with van der Waals surface area (Å²) in [5, 5.41) is 9.69. The number of aliphatic hydroxyl groups excluding tert-OH is 1. The number of benzene rings is 1. The molecule has 3 heterocycles. The maximum absolute atomic E-state index is 14.5. The van der Waals surface area contributed by atoms with Gasteiger partial charge in [-0.25, -0.2) is 0 Å². The van der Waals surface area contributed by atoms with Gasteiger partial charge < -0.3 is 19.8 Å². The van der Waals surface area contributed by atoms with Crippen LogP contribution in [0.1, 0.15) is 19.3 Å². The van der Waals surface area contributed by atoms with Gasteiger partial charge in [-0.2, -0.15) is 0 Å². The first-order chi connectivity index (χ1) is 17.7. The number of carbonyl (C=O) groups is 3. The van der Waals surface area contributed by atoms with Crippen molar-refractivity contribution in [3.63, 3.8) is 0 Å². The molecule has 1 aromatic carbocycles. The number of anilines is 1. The predicted octanol–water partition coefficient (Wildman–Crippen LogP) is 3.74. The molecule has 3 aliphatic heterocycles. The van der Waals surface area contributed by atoms with E-state index in [0.717, 1.165) is 0 Å². The van der Waals surface area contributed by atoms with Crippen molar-refractivity contribution in [3.8, 4) is 0 Å². The topological polar surface area (TPSA) is 81.2 Å². The summed E-state index contributed by atoms with van der Waals surface area (Å²) in [6.07, 6.45) is 4.99. The molecule has 1 N–H and O–H groups in total. The second kappa shape index (κ2) is 11.5. The van der Waals surface area contributed by atoms with Crippen LogP contribution in [0.3, 0.4) is 0 Å². The number of alkyl halides is 1. The quantitative estimate of drug-likeness (QED) is 0.235. The fourth-order valence-corrected chi connectivity index (χ4v) is 9.96. The number of thioether (sulfide) groups is 1. The third-order valence-electron chi connectivity index (χ3n) is 7.62. The molecule has 10 heteroatoms. The average molecular weight is 611 g/mol. The molecule has 3 fully saturated rings. The molecule has 0 aliphatic carbocycles. The van der Waals surface area contributed by atoms with Crippen LogP contribution in [0, 0.1) is 11.8 Å². The van der Waals surface area contributed by atoms with E-state index >= 15 is 0 Å². The van der Waals surface area contributed by atoms with Gasteiger partial charge in [-0.1, -0.05) is 51.8 Å². The van der Waals surface area contributed by atoms with Gasteiger partial charge >= 0.3 is 0 Å². The Morgan fingerprint density at radius 3 is 2.59 bits per heavy atom. The van der Waals surface area contributed by atoms with Crippen LogP contribution >= 0.6 is 39.3 Å². The minimum Gasteiger partial charge on any atom is -0.396 e. The third-order valence-corrected chi connectivity index (χ3v) is 11.2. The summed E-state index contributed by atoms with van der Waals surface area (Å²) in [5.74, 6) is -1.62. The summed E-state index contributed by atoms with van der Waals surface area (Å²) in [4.78, 5) is 47.0. The zero-order valence-corrected chi connectivity index (χ0v) is 24.1. The highest BCUT2D eigenvalue weighted by Crippen LogP contribution is 2.68. The van der Waals surface area contributed by atoms with Gasteiger partial charge in [0.2, 0.25) is 11.8 Å². The van der Waals surface area contributed by atoms with Crippen molar-refractivity contribution in [1.82, 2.24) is 9.80 Å². The number of aliphatic hydroxyl groups is 1. The maximum Gasteiger partial charge on any atom is 0.251 e. The molecule has 2 bridgehead atoms. The number of rotatable bonds is 11. The van der Waals surface area contributed by atoms with Gasteiger partial charge in [0.1, 0.15) is 6.04 Å². The Balaban J connectivity index is 1.79. The summed E-state index contributed by atoms with van der Waals surface area (Å²) in [7, 11) is 1.72. The summed E-state index contributed by atoms with van der Waals surface area (Å²) in [6, 6.07) is 6.37. The van der Waals surface area contributed by atoms with Crippen molar-refractivity contribution < 1.29 is 19.5 Å². The van der Waals surface area contributed by atoms with E-state index in [9.17, 15) is 19.5 Å². The smallest absolute Gasteiger partial charge is 0.251 e. The molecule has 0 radical (unpaired) electrons. The Morgan fingerprint density at radius 2 is 1.95 bits per heavy atom. The summed E-state index contributed by atoms with van der Waals surface area (Å²) in [5.41, 5.74) is 0.558. The van der Waals surface area contributed by atoms with Crippen molar-refractivity contribution in [2.24, 2.45) is 11.8 Å². The van der Waals surface area contributed by atoms with Gasteiger partial charge in [-0.15, -0.1) is 24.9 Å². The van der Waals surface area contributed by atoms with Crippen molar-refractivity contribution >= 4 is 62.7 Å². The molecule has 4 rings (SSSR count). The lowest BCUT2D eigenvalue weighted by Crippen LogP contribution is -2.56. The van der Waals surface area contributed by atoms with E-state index in [0.29, 0.717) is 43.1 Å². The van der Waals surface area contributed by atoms with Crippen LogP contribution in [0.4, 0.5) is 5.69 Å². The Labute approximate surface area is 236 Å². The first-order valence-corrected chi connectivity index (χ1v) is 14.7. The molecule has 1 aromatic rings. The number of nitrogens with zero attached hydrogens (tertiary/aromatic N) is 3. The summed E-state index contributed by atoms with van der Waals surface area (Å²) < 4.78 is -0.748. The zero-order chi connectivity index (χ0) is 26.9. The van der Waals surface area contributed by atoms with E-state index < -0.39 is 22.6 Å². The Bertz CT molecular complexity index is 1090. The Morgan fingerprint density at radius 1 is 1.24 bits per heavy atom. The zero-order valence-electron chi connectivity index (χ0n) is 20.9. The Hall–Kier alpha value is -1.81. The molecule has 3 amide bonds. The lowest BCUT2D eigenvalue weighted by atomic mass is 9.70. The van der Waals surface area contributed by atoms with Crippen LogP contribution in [-0.4, -0.2) is 86.8 Å². The number of fused-ring (bicyclic) bond motifs is 1. The summed E-state index contributed by atoms with van der Waals surface area (Å²) in [6.45, 7) is 8.54. The molecule has 37 heavy (non-hydrogen) atoms. The largest absolute Gasteiger partial charge is 0.396 e.